The summed E-state index contributed by atoms with van der Waals surface area (Å²) in [6.07, 6.45) is 2.58. The molecule has 1 fully saturated rings. The van der Waals surface area contributed by atoms with Crippen LogP contribution < -0.4 is 9.47 Å². The van der Waals surface area contributed by atoms with Gasteiger partial charge in [-0.15, -0.1) is 0 Å². The third-order valence-electron chi connectivity index (χ3n) is 4.88. The Morgan fingerprint density at radius 2 is 1.86 bits per heavy atom. The Balaban J connectivity index is 1.72. The van der Waals surface area contributed by atoms with Crippen LogP contribution in [-0.4, -0.2) is 40.9 Å². The van der Waals surface area contributed by atoms with Crippen molar-refractivity contribution in [3.63, 3.8) is 0 Å². The van der Waals surface area contributed by atoms with Crippen LogP contribution in [0.1, 0.15) is 37.8 Å². The van der Waals surface area contributed by atoms with Crippen LogP contribution in [0.2, 0.25) is 10.0 Å². The van der Waals surface area contributed by atoms with Gasteiger partial charge in [-0.05, 0) is 49.2 Å². The summed E-state index contributed by atoms with van der Waals surface area (Å²) < 4.78 is 17.2. The molecule has 35 heavy (non-hydrogen) atoms. The number of carbonyl (C=O) groups excluding carboxylic acids is 2. The molecule has 0 bridgehead atoms. The van der Waals surface area contributed by atoms with Crippen LogP contribution in [0.15, 0.2) is 41.3 Å². The Morgan fingerprint density at radius 1 is 1.11 bits per heavy atom. The first kappa shape index (κ1) is 27.3. The average Bonchev–Trinajstić information content (AvgIpc) is 3.09. The van der Waals surface area contributed by atoms with Crippen molar-refractivity contribution in [1.82, 2.24) is 4.90 Å². The highest BCUT2D eigenvalue weighted by molar-refractivity contribution is 8.26. The molecule has 1 amide bonds. The minimum atomic E-state index is -0.347. The maximum Gasteiger partial charge on any atom is 0.307 e. The second-order valence-corrected chi connectivity index (χ2v) is 9.92. The number of halogens is 2. The summed E-state index contributed by atoms with van der Waals surface area (Å²) in [5.74, 6) is 0.464. The number of esters is 1. The van der Waals surface area contributed by atoms with E-state index in [0.29, 0.717) is 49.5 Å². The molecular formula is C25H25Cl2NO5S2. The molecule has 1 heterocycles. The number of nitrogens with zero attached hydrogens (tertiary/aromatic N) is 1. The van der Waals surface area contributed by atoms with E-state index in [2.05, 4.69) is 0 Å². The summed E-state index contributed by atoms with van der Waals surface area (Å²) in [6, 6.07) is 10.7. The van der Waals surface area contributed by atoms with Gasteiger partial charge in [0.05, 0.1) is 24.5 Å². The number of hydrogen-bond donors (Lipinski definition) is 0. The minimum absolute atomic E-state index is 0.0929. The molecule has 0 N–H and O–H groups in total. The Morgan fingerprint density at radius 3 is 2.54 bits per heavy atom. The van der Waals surface area contributed by atoms with Crippen LogP contribution in [0.3, 0.4) is 0 Å². The van der Waals surface area contributed by atoms with Gasteiger partial charge in [0, 0.05) is 22.2 Å². The molecule has 0 spiro atoms. The lowest BCUT2D eigenvalue weighted by molar-refractivity contribution is -0.143. The Labute approximate surface area is 224 Å². The lowest BCUT2D eigenvalue weighted by atomic mass is 10.1. The Kier molecular flexibility index (Phi) is 10.3. The van der Waals surface area contributed by atoms with Crippen LogP contribution in [-0.2, 0) is 20.9 Å². The van der Waals surface area contributed by atoms with E-state index in [9.17, 15) is 9.59 Å². The molecule has 0 aliphatic carbocycles. The second-order valence-electron chi connectivity index (χ2n) is 7.43. The number of amides is 1. The maximum atomic E-state index is 12.9. The summed E-state index contributed by atoms with van der Waals surface area (Å²) in [5, 5.41) is 1.04. The van der Waals surface area contributed by atoms with Crippen LogP contribution in [0, 0.1) is 0 Å². The molecular weight excluding hydrogens is 529 g/mol. The van der Waals surface area contributed by atoms with Crippen molar-refractivity contribution in [2.45, 2.75) is 33.3 Å². The van der Waals surface area contributed by atoms with Crippen molar-refractivity contribution in [3.05, 3.63) is 62.5 Å². The zero-order valence-electron chi connectivity index (χ0n) is 19.3. The molecule has 0 atom stereocenters. The van der Waals surface area contributed by atoms with Crippen molar-refractivity contribution < 1.29 is 23.8 Å². The van der Waals surface area contributed by atoms with E-state index in [1.165, 1.54) is 16.7 Å². The summed E-state index contributed by atoms with van der Waals surface area (Å²) in [4.78, 5) is 26.5. The topological polar surface area (TPSA) is 65.1 Å². The quantitative estimate of drug-likeness (QED) is 0.178. The maximum absolute atomic E-state index is 12.9. The zero-order chi connectivity index (χ0) is 25.4. The Hall–Kier alpha value is -2.26. The fourth-order valence-corrected chi connectivity index (χ4v) is 4.97. The number of thiocarbonyl (C=S) groups is 1. The van der Waals surface area contributed by atoms with E-state index >= 15 is 0 Å². The van der Waals surface area contributed by atoms with Crippen molar-refractivity contribution in [2.24, 2.45) is 0 Å². The summed E-state index contributed by atoms with van der Waals surface area (Å²) in [5.41, 5.74) is 1.43. The van der Waals surface area contributed by atoms with Crippen molar-refractivity contribution in [3.8, 4) is 11.5 Å². The van der Waals surface area contributed by atoms with Gasteiger partial charge < -0.3 is 14.2 Å². The van der Waals surface area contributed by atoms with E-state index in [1.807, 2.05) is 19.9 Å². The smallest absolute Gasteiger partial charge is 0.307 e. The molecule has 3 rings (SSSR count). The number of ether oxygens (including phenoxy) is 3. The van der Waals surface area contributed by atoms with Gasteiger partial charge in [-0.1, -0.05) is 66.2 Å². The van der Waals surface area contributed by atoms with E-state index < -0.39 is 0 Å². The fraction of sp³-hybridized carbons (Fsp3) is 0.320. The first-order valence-electron chi connectivity index (χ1n) is 11.1. The van der Waals surface area contributed by atoms with Gasteiger partial charge in [-0.2, -0.15) is 0 Å². The normalized spacial score (nSPS) is 14.5. The first-order chi connectivity index (χ1) is 16.8. The molecule has 1 aliphatic heterocycles. The minimum Gasteiger partial charge on any atom is -0.490 e. The lowest BCUT2D eigenvalue weighted by Crippen LogP contribution is -2.30. The summed E-state index contributed by atoms with van der Waals surface area (Å²) >= 11 is 19.0. The standard InChI is InChI=1S/C25H25Cl2NO5S2/c1-3-12-32-23(29)10-11-28-24(30)22(35-25(28)34)14-16-8-9-20(21(13-16)31-4-2)33-15-17-18(26)6-5-7-19(17)27/h5-9,13-14H,3-4,10-12,15H2,1-2H3/b22-14-. The number of carbonyl (C=O) groups is 2. The molecule has 0 aromatic heterocycles. The lowest BCUT2D eigenvalue weighted by Gasteiger charge is -2.14. The van der Waals surface area contributed by atoms with Crippen LogP contribution in [0.25, 0.3) is 6.08 Å². The molecule has 186 valence electrons. The fourth-order valence-electron chi connectivity index (χ4n) is 3.16. The molecule has 0 radical (unpaired) electrons. The van der Waals surface area contributed by atoms with E-state index in [-0.39, 0.29) is 31.4 Å². The molecule has 0 saturated carbocycles. The summed E-state index contributed by atoms with van der Waals surface area (Å²) in [7, 11) is 0. The number of thioether (sulfide) groups is 1. The largest absolute Gasteiger partial charge is 0.490 e. The summed E-state index contributed by atoms with van der Waals surface area (Å²) in [6.45, 7) is 4.96. The SMILES string of the molecule is CCCOC(=O)CCN1C(=O)/C(=C/c2ccc(OCc3c(Cl)cccc3Cl)c(OCC)c2)SC1=S. The van der Waals surface area contributed by atoms with E-state index in [0.717, 1.165) is 12.0 Å². The average molecular weight is 555 g/mol. The Bertz CT molecular complexity index is 1120. The van der Waals surface area contributed by atoms with Crippen molar-refractivity contribution in [2.75, 3.05) is 19.8 Å². The van der Waals surface area contributed by atoms with Gasteiger partial charge in [0.25, 0.3) is 5.91 Å². The van der Waals surface area contributed by atoms with Gasteiger partial charge in [0.15, 0.2) is 11.5 Å². The molecule has 1 saturated heterocycles. The van der Waals surface area contributed by atoms with Crippen molar-refractivity contribution in [1.29, 1.82) is 0 Å². The molecule has 0 unspecified atom stereocenters. The van der Waals surface area contributed by atoms with E-state index in [4.69, 9.17) is 49.6 Å². The van der Waals surface area contributed by atoms with Crippen LogP contribution in [0.5, 0.6) is 11.5 Å². The van der Waals surface area contributed by atoms with Gasteiger partial charge in [0.1, 0.15) is 10.9 Å². The molecule has 1 aliphatic rings. The third kappa shape index (κ3) is 7.36. The first-order valence-corrected chi connectivity index (χ1v) is 13.1. The zero-order valence-corrected chi connectivity index (χ0v) is 22.5. The monoisotopic (exact) mass is 553 g/mol. The van der Waals surface area contributed by atoms with Crippen LogP contribution in [0.4, 0.5) is 0 Å². The highest BCUT2D eigenvalue weighted by Gasteiger charge is 2.32. The van der Waals surface area contributed by atoms with Crippen LogP contribution >= 0.6 is 47.2 Å². The third-order valence-corrected chi connectivity index (χ3v) is 6.97. The predicted octanol–water partition coefficient (Wildman–Crippen LogP) is 6.52. The van der Waals surface area contributed by atoms with Gasteiger partial charge >= 0.3 is 5.97 Å². The van der Waals surface area contributed by atoms with Gasteiger partial charge in [-0.25, -0.2) is 0 Å². The van der Waals surface area contributed by atoms with Gasteiger partial charge in [0.2, 0.25) is 0 Å². The highest BCUT2D eigenvalue weighted by Crippen LogP contribution is 2.36. The molecule has 6 nitrogen and oxygen atoms in total. The van der Waals surface area contributed by atoms with E-state index in [1.54, 1.807) is 36.4 Å². The molecule has 2 aromatic rings. The van der Waals surface area contributed by atoms with Crippen molar-refractivity contribution >= 4 is 69.5 Å². The number of rotatable bonds is 11. The number of benzene rings is 2. The predicted molar refractivity (Wildman–Crippen MR) is 144 cm³/mol. The van der Waals surface area contributed by atoms with Gasteiger partial charge in [-0.3, -0.25) is 14.5 Å². The highest BCUT2D eigenvalue weighted by atomic mass is 35.5. The molecule has 10 heteroatoms. The second kappa shape index (κ2) is 13.2. The number of hydrogen-bond acceptors (Lipinski definition) is 7. The molecule has 2 aromatic carbocycles.